The molecule has 2 aromatic rings. The van der Waals surface area contributed by atoms with Crippen molar-refractivity contribution >= 4 is 62.3 Å². The Labute approximate surface area is 145 Å². The molecule has 0 saturated carbocycles. The Bertz CT molecular complexity index is 631. The summed E-state index contributed by atoms with van der Waals surface area (Å²) in [6, 6.07) is 8.85. The molecule has 106 valence electrons. The lowest BCUT2D eigenvalue weighted by atomic mass is 10.2. The van der Waals surface area contributed by atoms with E-state index < -0.39 is 0 Å². The Kier molecular flexibility index (Phi) is 5.88. The third-order valence-electron chi connectivity index (χ3n) is 2.63. The molecule has 0 aromatic heterocycles. The second-order valence-electron chi connectivity index (χ2n) is 4.01. The summed E-state index contributed by atoms with van der Waals surface area (Å²) in [7, 11) is 0. The summed E-state index contributed by atoms with van der Waals surface area (Å²) in [6.45, 7) is 0.279. The van der Waals surface area contributed by atoms with Gasteiger partial charge in [-0.1, -0.05) is 74.5 Å². The molecule has 0 atom stereocenters. The van der Waals surface area contributed by atoms with Crippen molar-refractivity contribution in [2.75, 3.05) is 0 Å². The molecule has 0 N–H and O–H groups in total. The first-order chi connectivity index (χ1) is 9.52. The molecule has 20 heavy (non-hydrogen) atoms. The SMILES string of the molecule is Clc1cc(Cl)c(OCc2cccc(Cl)c2Cl)c(CBr)c1. The van der Waals surface area contributed by atoms with E-state index in [0.717, 1.165) is 11.1 Å². The highest BCUT2D eigenvalue weighted by Crippen LogP contribution is 2.35. The zero-order valence-corrected chi connectivity index (χ0v) is 14.7. The summed E-state index contributed by atoms with van der Waals surface area (Å²) in [5.41, 5.74) is 1.67. The van der Waals surface area contributed by atoms with E-state index in [1.807, 2.05) is 12.1 Å². The van der Waals surface area contributed by atoms with Crippen LogP contribution in [0.3, 0.4) is 0 Å². The van der Waals surface area contributed by atoms with Crippen molar-refractivity contribution in [3.05, 3.63) is 61.5 Å². The monoisotopic (exact) mass is 412 g/mol. The van der Waals surface area contributed by atoms with Crippen LogP contribution in [0.4, 0.5) is 0 Å². The predicted molar refractivity (Wildman–Crippen MR) is 89.9 cm³/mol. The second kappa shape index (κ2) is 7.24. The van der Waals surface area contributed by atoms with E-state index in [9.17, 15) is 0 Å². The lowest BCUT2D eigenvalue weighted by molar-refractivity contribution is 0.304. The van der Waals surface area contributed by atoms with Gasteiger partial charge >= 0.3 is 0 Å². The van der Waals surface area contributed by atoms with Gasteiger partial charge in [0.15, 0.2) is 0 Å². The normalized spacial score (nSPS) is 10.7. The van der Waals surface area contributed by atoms with Crippen LogP contribution in [0.2, 0.25) is 20.1 Å². The number of halogens is 5. The van der Waals surface area contributed by atoms with Gasteiger partial charge in [-0.25, -0.2) is 0 Å². The molecule has 0 spiro atoms. The van der Waals surface area contributed by atoms with Crippen LogP contribution in [-0.4, -0.2) is 0 Å². The van der Waals surface area contributed by atoms with E-state index in [2.05, 4.69) is 15.9 Å². The molecule has 0 aliphatic heterocycles. The molecule has 1 nitrogen and oxygen atoms in total. The predicted octanol–water partition coefficient (Wildman–Crippen LogP) is 6.77. The van der Waals surface area contributed by atoms with E-state index in [-0.39, 0.29) is 6.61 Å². The van der Waals surface area contributed by atoms with E-state index in [0.29, 0.717) is 31.2 Å². The molecule has 0 unspecified atom stereocenters. The minimum Gasteiger partial charge on any atom is -0.487 e. The van der Waals surface area contributed by atoms with Gasteiger partial charge in [-0.2, -0.15) is 0 Å². The Morgan fingerprint density at radius 2 is 1.70 bits per heavy atom. The fourth-order valence-electron chi connectivity index (χ4n) is 1.68. The van der Waals surface area contributed by atoms with Crippen LogP contribution in [0.25, 0.3) is 0 Å². The summed E-state index contributed by atoms with van der Waals surface area (Å²) < 4.78 is 5.77. The van der Waals surface area contributed by atoms with E-state index in [1.165, 1.54) is 0 Å². The molecule has 0 saturated heterocycles. The Balaban J connectivity index is 2.25. The number of alkyl halides is 1. The minimum absolute atomic E-state index is 0.279. The maximum absolute atomic E-state index is 6.16. The van der Waals surface area contributed by atoms with Gasteiger partial charge in [0.1, 0.15) is 12.4 Å². The number of hydrogen-bond acceptors (Lipinski definition) is 1. The Hall–Kier alpha value is -0.120. The molecule has 0 heterocycles. The fourth-order valence-corrected chi connectivity index (χ4v) is 3.07. The molecule has 0 bridgehead atoms. The van der Waals surface area contributed by atoms with Crippen LogP contribution in [0.5, 0.6) is 5.75 Å². The standard InChI is InChI=1S/C14H9BrCl4O/c15-6-9-4-10(16)5-12(18)14(9)20-7-8-2-1-3-11(17)13(8)19/h1-5H,6-7H2. The number of ether oxygens (including phenoxy) is 1. The largest absolute Gasteiger partial charge is 0.487 e. The number of hydrogen-bond donors (Lipinski definition) is 0. The van der Waals surface area contributed by atoms with Gasteiger partial charge in [-0.05, 0) is 18.2 Å². The van der Waals surface area contributed by atoms with Crippen molar-refractivity contribution in [2.24, 2.45) is 0 Å². The topological polar surface area (TPSA) is 9.23 Å². The van der Waals surface area contributed by atoms with Crippen LogP contribution in [0.15, 0.2) is 30.3 Å². The second-order valence-corrected chi connectivity index (χ2v) is 6.20. The van der Waals surface area contributed by atoms with Crippen LogP contribution < -0.4 is 4.74 Å². The molecule has 0 aliphatic carbocycles. The highest BCUT2D eigenvalue weighted by Gasteiger charge is 2.12. The van der Waals surface area contributed by atoms with Gasteiger partial charge in [0.2, 0.25) is 0 Å². The first-order valence-corrected chi connectivity index (χ1v) is 8.26. The third-order valence-corrected chi connectivity index (χ3v) is 4.59. The highest BCUT2D eigenvalue weighted by molar-refractivity contribution is 9.08. The summed E-state index contributed by atoms with van der Waals surface area (Å²) in [6.07, 6.45) is 0. The quantitative estimate of drug-likeness (QED) is 0.501. The van der Waals surface area contributed by atoms with Gasteiger partial charge < -0.3 is 4.74 Å². The summed E-state index contributed by atoms with van der Waals surface area (Å²) >= 11 is 27.6. The first-order valence-electron chi connectivity index (χ1n) is 5.62. The van der Waals surface area contributed by atoms with E-state index >= 15 is 0 Å². The molecule has 0 fully saturated rings. The zero-order valence-electron chi connectivity index (χ0n) is 10.1. The van der Waals surface area contributed by atoms with Crippen LogP contribution in [0.1, 0.15) is 11.1 Å². The van der Waals surface area contributed by atoms with Crippen molar-refractivity contribution < 1.29 is 4.74 Å². The maximum atomic E-state index is 6.16. The van der Waals surface area contributed by atoms with Crippen molar-refractivity contribution in [3.8, 4) is 5.75 Å². The molecule has 0 radical (unpaired) electrons. The van der Waals surface area contributed by atoms with Crippen molar-refractivity contribution in [3.63, 3.8) is 0 Å². The highest BCUT2D eigenvalue weighted by atomic mass is 79.9. The maximum Gasteiger partial charge on any atom is 0.142 e. The lowest BCUT2D eigenvalue weighted by Gasteiger charge is -2.13. The molecular formula is C14H9BrCl4O. The lowest BCUT2D eigenvalue weighted by Crippen LogP contribution is -1.99. The Morgan fingerprint density at radius 1 is 0.950 bits per heavy atom. The molecule has 2 aromatic carbocycles. The summed E-state index contributed by atoms with van der Waals surface area (Å²) in [5.74, 6) is 0.587. The summed E-state index contributed by atoms with van der Waals surface area (Å²) in [5, 5.41) is 2.60. The minimum atomic E-state index is 0.279. The van der Waals surface area contributed by atoms with E-state index in [4.69, 9.17) is 51.1 Å². The van der Waals surface area contributed by atoms with Crippen LogP contribution in [-0.2, 0) is 11.9 Å². The van der Waals surface area contributed by atoms with Gasteiger partial charge in [0.25, 0.3) is 0 Å². The van der Waals surface area contributed by atoms with Gasteiger partial charge in [-0.15, -0.1) is 0 Å². The molecular weight excluding hydrogens is 406 g/mol. The van der Waals surface area contributed by atoms with Crippen LogP contribution in [0, 0.1) is 0 Å². The molecule has 2 rings (SSSR count). The van der Waals surface area contributed by atoms with Gasteiger partial charge in [0, 0.05) is 21.5 Å². The molecule has 0 aliphatic rings. The zero-order chi connectivity index (χ0) is 14.7. The fraction of sp³-hybridized carbons (Fsp3) is 0.143. The average Bonchev–Trinajstić information content (AvgIpc) is 2.41. The summed E-state index contributed by atoms with van der Waals surface area (Å²) in [4.78, 5) is 0. The first kappa shape index (κ1) is 16.3. The van der Waals surface area contributed by atoms with Crippen molar-refractivity contribution in [1.29, 1.82) is 0 Å². The molecule has 6 heteroatoms. The van der Waals surface area contributed by atoms with Gasteiger partial charge in [-0.3, -0.25) is 0 Å². The van der Waals surface area contributed by atoms with Crippen LogP contribution >= 0.6 is 62.3 Å². The van der Waals surface area contributed by atoms with Gasteiger partial charge in [0.05, 0.1) is 15.1 Å². The van der Waals surface area contributed by atoms with E-state index in [1.54, 1.807) is 18.2 Å². The smallest absolute Gasteiger partial charge is 0.142 e. The van der Waals surface area contributed by atoms with Crippen molar-refractivity contribution in [1.82, 2.24) is 0 Å². The van der Waals surface area contributed by atoms with Crippen molar-refractivity contribution in [2.45, 2.75) is 11.9 Å². The Morgan fingerprint density at radius 3 is 2.40 bits per heavy atom. The number of benzene rings is 2. The number of rotatable bonds is 4. The third kappa shape index (κ3) is 3.75. The average molecular weight is 415 g/mol. The molecule has 0 amide bonds.